The van der Waals surface area contributed by atoms with Gasteiger partial charge in [0.1, 0.15) is 13.2 Å². The number of hydrogen-bond acceptors (Lipinski definition) is 6. The molecule has 0 spiro atoms. The van der Waals surface area contributed by atoms with Crippen LogP contribution in [0.4, 0.5) is 0 Å². The summed E-state index contributed by atoms with van der Waals surface area (Å²) in [5.74, 6) is -0.923. The number of carbonyl (C=O) groups excluding carboxylic acids is 3. The van der Waals surface area contributed by atoms with E-state index in [-0.39, 0.29) is 31.1 Å². The molecule has 0 bridgehead atoms. The highest BCUT2D eigenvalue weighted by atomic mass is 16.6. The van der Waals surface area contributed by atoms with E-state index in [9.17, 15) is 14.4 Å². The molecule has 0 radical (unpaired) electrons. The van der Waals surface area contributed by atoms with Crippen LogP contribution in [0.2, 0.25) is 0 Å². The van der Waals surface area contributed by atoms with E-state index < -0.39 is 6.10 Å². The first-order valence-electron chi connectivity index (χ1n) is 32.8. The standard InChI is InChI=1S/C74H120O6/c1-4-7-10-13-16-19-22-25-27-28-29-30-31-32-33-34-35-36-37-38-39-40-41-42-43-44-45-46-48-49-52-55-58-61-64-67-73(76)79-70-71(69-78-72(75)66-63-60-57-54-51-24-21-18-15-12-9-6-3)80-74(77)68-65-62-59-56-53-50-47-26-23-20-17-14-11-8-5-2/h7-8,10-11,16-21,25-27,29-30,32-33,35-36,38-39,41-42,47,71H,4-6,9,12-15,22-24,28,31,34,37,40,43-46,48-70H2,1-3H3/b10-7-,11-8-,19-16-,20-17-,21-18-,27-25-,30-29-,33-32-,36-35-,39-38-,42-41-,47-26-. The Kier molecular flexibility index (Phi) is 62.9. The van der Waals surface area contributed by atoms with Crippen LogP contribution < -0.4 is 0 Å². The quantitative estimate of drug-likeness (QED) is 0.0261. The summed E-state index contributed by atoms with van der Waals surface area (Å²) >= 11 is 0. The average molecular weight is 1110 g/mol. The summed E-state index contributed by atoms with van der Waals surface area (Å²) < 4.78 is 16.9. The predicted molar refractivity (Wildman–Crippen MR) is 348 cm³/mol. The van der Waals surface area contributed by atoms with Crippen molar-refractivity contribution in [3.05, 3.63) is 146 Å². The summed E-state index contributed by atoms with van der Waals surface area (Å²) in [6.07, 6.45) is 95.8. The van der Waals surface area contributed by atoms with Crippen LogP contribution in [-0.2, 0) is 28.6 Å². The van der Waals surface area contributed by atoms with Gasteiger partial charge in [0, 0.05) is 19.3 Å². The Labute approximate surface area is 493 Å². The molecule has 0 rings (SSSR count). The molecule has 0 aromatic carbocycles. The molecule has 0 aliphatic carbocycles. The van der Waals surface area contributed by atoms with Crippen molar-refractivity contribution < 1.29 is 28.6 Å². The van der Waals surface area contributed by atoms with Crippen LogP contribution in [0.15, 0.2) is 146 Å². The maximum atomic E-state index is 12.9. The fourth-order valence-electron chi connectivity index (χ4n) is 8.70. The molecule has 0 aliphatic rings. The first kappa shape index (κ1) is 75.3. The topological polar surface area (TPSA) is 78.9 Å². The molecule has 6 nitrogen and oxygen atoms in total. The second-order valence-electron chi connectivity index (χ2n) is 21.3. The van der Waals surface area contributed by atoms with Crippen LogP contribution in [0, 0.1) is 0 Å². The van der Waals surface area contributed by atoms with Gasteiger partial charge in [-0.25, -0.2) is 0 Å². The van der Waals surface area contributed by atoms with Gasteiger partial charge < -0.3 is 14.2 Å². The van der Waals surface area contributed by atoms with E-state index in [1.54, 1.807) is 0 Å². The maximum Gasteiger partial charge on any atom is 0.306 e. The third-order valence-electron chi connectivity index (χ3n) is 13.6. The van der Waals surface area contributed by atoms with Gasteiger partial charge in [-0.1, -0.05) is 269 Å². The number of carbonyl (C=O) groups is 3. The van der Waals surface area contributed by atoms with Crippen molar-refractivity contribution in [3.63, 3.8) is 0 Å². The van der Waals surface area contributed by atoms with E-state index >= 15 is 0 Å². The van der Waals surface area contributed by atoms with Crippen molar-refractivity contribution in [2.75, 3.05) is 13.2 Å². The van der Waals surface area contributed by atoms with Gasteiger partial charge in [0.25, 0.3) is 0 Å². The SMILES string of the molecule is CC/C=C\C/C=C\C/C=C\C/C=C\C/C=C\C/C=C\C/C=C\C/C=C\CCCCCCCCCCCCC(=O)OCC(COC(=O)CCCCCCC/C=C\CCCCC)OC(=O)CCCCCCC/C=C\C/C=C\C/C=C\CC. The smallest absolute Gasteiger partial charge is 0.306 e. The molecule has 0 saturated heterocycles. The molecule has 0 heterocycles. The van der Waals surface area contributed by atoms with Crippen LogP contribution in [0.5, 0.6) is 0 Å². The zero-order chi connectivity index (χ0) is 57.8. The summed E-state index contributed by atoms with van der Waals surface area (Å²) in [7, 11) is 0. The lowest BCUT2D eigenvalue weighted by Crippen LogP contribution is -2.30. The fourth-order valence-corrected chi connectivity index (χ4v) is 8.70. The van der Waals surface area contributed by atoms with Gasteiger partial charge in [0.15, 0.2) is 6.10 Å². The Morgan fingerprint density at radius 2 is 0.487 bits per heavy atom. The van der Waals surface area contributed by atoms with Gasteiger partial charge in [-0.05, 0) is 141 Å². The monoisotopic (exact) mass is 1100 g/mol. The summed E-state index contributed by atoms with van der Waals surface area (Å²) in [4.78, 5) is 38.2. The van der Waals surface area contributed by atoms with Crippen LogP contribution in [0.25, 0.3) is 0 Å². The lowest BCUT2D eigenvalue weighted by molar-refractivity contribution is -0.167. The number of rotatable bonds is 58. The van der Waals surface area contributed by atoms with E-state index in [0.717, 1.165) is 167 Å². The third-order valence-corrected chi connectivity index (χ3v) is 13.6. The molecule has 0 fully saturated rings. The second-order valence-corrected chi connectivity index (χ2v) is 21.3. The van der Waals surface area contributed by atoms with Crippen molar-refractivity contribution in [1.82, 2.24) is 0 Å². The number of allylic oxidation sites excluding steroid dienone is 24. The molecular weight excluding hydrogens is 985 g/mol. The summed E-state index contributed by atoms with van der Waals surface area (Å²) in [6, 6.07) is 0. The van der Waals surface area contributed by atoms with E-state index in [2.05, 4.69) is 167 Å². The van der Waals surface area contributed by atoms with Crippen LogP contribution >= 0.6 is 0 Å². The van der Waals surface area contributed by atoms with Gasteiger partial charge >= 0.3 is 17.9 Å². The third kappa shape index (κ3) is 64.1. The van der Waals surface area contributed by atoms with Crippen LogP contribution in [0.3, 0.4) is 0 Å². The normalized spacial score (nSPS) is 13.1. The van der Waals surface area contributed by atoms with E-state index in [1.807, 2.05) is 0 Å². The summed E-state index contributed by atoms with van der Waals surface area (Å²) in [6.45, 7) is 6.37. The van der Waals surface area contributed by atoms with Crippen molar-refractivity contribution >= 4 is 17.9 Å². The molecule has 0 N–H and O–H groups in total. The minimum atomic E-state index is -0.797. The second kappa shape index (κ2) is 66.8. The predicted octanol–water partition coefficient (Wildman–Crippen LogP) is 22.7. The summed E-state index contributed by atoms with van der Waals surface area (Å²) in [5, 5.41) is 0. The zero-order valence-electron chi connectivity index (χ0n) is 51.8. The lowest BCUT2D eigenvalue weighted by Gasteiger charge is -2.18. The van der Waals surface area contributed by atoms with Crippen molar-refractivity contribution in [2.45, 2.75) is 290 Å². The number of unbranched alkanes of at least 4 members (excludes halogenated alkanes) is 23. The van der Waals surface area contributed by atoms with Gasteiger partial charge in [-0.2, -0.15) is 0 Å². The van der Waals surface area contributed by atoms with E-state index in [1.165, 1.54) is 77.0 Å². The Bertz CT molecular complexity index is 1750. The van der Waals surface area contributed by atoms with Gasteiger partial charge in [-0.15, -0.1) is 0 Å². The van der Waals surface area contributed by atoms with Crippen LogP contribution in [0.1, 0.15) is 284 Å². The highest BCUT2D eigenvalue weighted by Crippen LogP contribution is 2.15. The Hall–Kier alpha value is -4.71. The molecule has 1 unspecified atom stereocenters. The van der Waals surface area contributed by atoms with E-state index in [4.69, 9.17) is 14.2 Å². The maximum absolute atomic E-state index is 12.9. The largest absolute Gasteiger partial charge is 0.462 e. The summed E-state index contributed by atoms with van der Waals surface area (Å²) in [5.41, 5.74) is 0. The minimum Gasteiger partial charge on any atom is -0.462 e. The molecule has 0 aromatic heterocycles. The van der Waals surface area contributed by atoms with Gasteiger partial charge in [-0.3, -0.25) is 14.4 Å². The molecule has 0 amide bonds. The molecule has 1 atom stereocenters. The molecule has 80 heavy (non-hydrogen) atoms. The van der Waals surface area contributed by atoms with Crippen LogP contribution in [-0.4, -0.2) is 37.2 Å². The van der Waals surface area contributed by atoms with Gasteiger partial charge in [0.05, 0.1) is 0 Å². The number of ether oxygens (including phenoxy) is 3. The minimum absolute atomic E-state index is 0.0932. The van der Waals surface area contributed by atoms with Crippen molar-refractivity contribution in [1.29, 1.82) is 0 Å². The highest BCUT2D eigenvalue weighted by Gasteiger charge is 2.19. The zero-order valence-corrected chi connectivity index (χ0v) is 51.8. The lowest BCUT2D eigenvalue weighted by atomic mass is 10.1. The molecule has 452 valence electrons. The number of esters is 3. The van der Waals surface area contributed by atoms with Crippen molar-refractivity contribution in [3.8, 4) is 0 Å². The molecule has 6 heteroatoms. The molecule has 0 aromatic rings. The Morgan fingerprint density at radius 1 is 0.263 bits per heavy atom. The first-order valence-corrected chi connectivity index (χ1v) is 32.8. The fraction of sp³-hybridized carbons (Fsp3) is 0.635. The Morgan fingerprint density at radius 3 is 0.775 bits per heavy atom. The average Bonchev–Trinajstić information content (AvgIpc) is 3.46. The van der Waals surface area contributed by atoms with Gasteiger partial charge in [0.2, 0.25) is 0 Å². The molecule has 0 saturated carbocycles. The first-order chi connectivity index (χ1) is 39.5. The Balaban J connectivity index is 4.23. The number of hydrogen-bond donors (Lipinski definition) is 0. The molecular formula is C74H120O6. The molecule has 0 aliphatic heterocycles. The van der Waals surface area contributed by atoms with E-state index in [0.29, 0.717) is 19.3 Å². The highest BCUT2D eigenvalue weighted by molar-refractivity contribution is 5.71. The van der Waals surface area contributed by atoms with Crippen molar-refractivity contribution in [2.24, 2.45) is 0 Å².